The summed E-state index contributed by atoms with van der Waals surface area (Å²) in [7, 11) is 2.19. The lowest BCUT2D eigenvalue weighted by Gasteiger charge is -2.49. The van der Waals surface area contributed by atoms with E-state index in [0.717, 1.165) is 44.9 Å². The number of hydrogen-bond donors (Lipinski definition) is 0. The average molecular weight is 262 g/mol. The van der Waals surface area contributed by atoms with Crippen LogP contribution in [-0.2, 0) is 4.74 Å². The molecule has 4 heteroatoms. The van der Waals surface area contributed by atoms with Crippen LogP contribution in [0.15, 0.2) is 24.5 Å². The minimum absolute atomic E-state index is 0.154. The van der Waals surface area contributed by atoms with Crippen LogP contribution in [-0.4, -0.2) is 49.3 Å². The molecule has 2 fully saturated rings. The van der Waals surface area contributed by atoms with Crippen molar-refractivity contribution >= 4 is 0 Å². The van der Waals surface area contributed by atoms with Gasteiger partial charge in [-0.05, 0) is 38.4 Å². The molecule has 4 nitrogen and oxygen atoms in total. The molecular weight excluding hydrogens is 240 g/mol. The first-order valence-electron chi connectivity index (χ1n) is 7.11. The van der Waals surface area contributed by atoms with E-state index in [1.807, 2.05) is 12.1 Å². The van der Waals surface area contributed by atoms with E-state index in [9.17, 15) is 0 Å². The van der Waals surface area contributed by atoms with E-state index in [-0.39, 0.29) is 5.41 Å². The highest BCUT2D eigenvalue weighted by atomic mass is 16.5. The van der Waals surface area contributed by atoms with Gasteiger partial charge in [0.25, 0.3) is 0 Å². The Kier molecular flexibility index (Phi) is 3.71. The molecule has 2 atom stereocenters. The fourth-order valence-electron chi connectivity index (χ4n) is 3.38. The number of fused-ring (bicyclic) bond motifs is 1. The maximum Gasteiger partial charge on any atom is 0.137 e. The predicted octanol–water partition coefficient (Wildman–Crippen LogP) is 1.96. The maximum atomic E-state index is 6.00. The molecule has 0 aliphatic carbocycles. The third kappa shape index (κ3) is 2.74. The fraction of sp³-hybridized carbons (Fsp3) is 0.667. The van der Waals surface area contributed by atoms with Crippen molar-refractivity contribution in [2.75, 3.05) is 33.4 Å². The van der Waals surface area contributed by atoms with Gasteiger partial charge in [-0.25, -0.2) is 0 Å². The molecule has 3 heterocycles. The third-order valence-electron chi connectivity index (χ3n) is 4.34. The summed E-state index contributed by atoms with van der Waals surface area (Å²) in [6, 6.07) is 3.88. The van der Waals surface area contributed by atoms with Gasteiger partial charge >= 0.3 is 0 Å². The van der Waals surface area contributed by atoms with Gasteiger partial charge < -0.3 is 14.4 Å². The summed E-state index contributed by atoms with van der Waals surface area (Å²) < 4.78 is 12.0. The van der Waals surface area contributed by atoms with Gasteiger partial charge in [0, 0.05) is 31.3 Å². The average Bonchev–Trinajstić information content (AvgIpc) is 2.46. The number of ether oxygens (including phenoxy) is 2. The van der Waals surface area contributed by atoms with Crippen LogP contribution in [0.5, 0.6) is 5.75 Å². The lowest BCUT2D eigenvalue weighted by atomic mass is 9.73. The molecule has 1 aromatic rings. The third-order valence-corrected chi connectivity index (χ3v) is 4.34. The second-order valence-corrected chi connectivity index (χ2v) is 5.83. The topological polar surface area (TPSA) is 34.6 Å². The van der Waals surface area contributed by atoms with Gasteiger partial charge in [-0.2, -0.15) is 0 Å². The molecule has 0 unspecified atom stereocenters. The van der Waals surface area contributed by atoms with Gasteiger partial charge in [0.15, 0.2) is 0 Å². The van der Waals surface area contributed by atoms with E-state index < -0.39 is 0 Å². The Morgan fingerprint density at radius 3 is 3.37 bits per heavy atom. The van der Waals surface area contributed by atoms with Gasteiger partial charge in [-0.15, -0.1) is 0 Å². The Balaban J connectivity index is 1.71. The van der Waals surface area contributed by atoms with Crippen molar-refractivity contribution in [3.05, 3.63) is 24.5 Å². The second-order valence-electron chi connectivity index (χ2n) is 5.83. The minimum atomic E-state index is 0.154. The number of likely N-dealkylation sites (tertiary alicyclic amines) is 1. The van der Waals surface area contributed by atoms with Crippen molar-refractivity contribution in [3.63, 3.8) is 0 Å². The molecule has 1 aromatic heterocycles. The molecule has 0 bridgehead atoms. The Morgan fingerprint density at radius 1 is 1.58 bits per heavy atom. The number of piperidine rings is 1. The lowest BCUT2D eigenvalue weighted by Crippen LogP contribution is -2.56. The van der Waals surface area contributed by atoms with Crippen molar-refractivity contribution in [2.24, 2.45) is 5.41 Å². The summed E-state index contributed by atoms with van der Waals surface area (Å²) in [5, 5.41) is 0. The molecule has 2 aliphatic rings. The first-order chi connectivity index (χ1) is 9.28. The van der Waals surface area contributed by atoms with Crippen LogP contribution in [0.3, 0.4) is 0 Å². The maximum absolute atomic E-state index is 6.00. The molecule has 0 spiro atoms. The molecular formula is C15H22N2O2. The molecule has 0 amide bonds. The van der Waals surface area contributed by atoms with Crippen LogP contribution in [0.1, 0.15) is 19.3 Å². The molecule has 0 saturated carbocycles. The zero-order valence-corrected chi connectivity index (χ0v) is 11.5. The zero-order chi connectivity index (χ0) is 13.1. The fourth-order valence-corrected chi connectivity index (χ4v) is 3.38. The minimum Gasteiger partial charge on any atom is -0.491 e. The molecule has 0 N–H and O–H groups in total. The van der Waals surface area contributed by atoms with Crippen molar-refractivity contribution in [3.8, 4) is 5.75 Å². The van der Waals surface area contributed by atoms with Crippen LogP contribution >= 0.6 is 0 Å². The second kappa shape index (κ2) is 5.47. The number of nitrogens with zero attached hydrogens (tertiary/aromatic N) is 2. The Hall–Kier alpha value is -1.13. The van der Waals surface area contributed by atoms with Crippen LogP contribution in [0.25, 0.3) is 0 Å². The summed E-state index contributed by atoms with van der Waals surface area (Å²) in [4.78, 5) is 6.50. The zero-order valence-electron chi connectivity index (χ0n) is 11.5. The van der Waals surface area contributed by atoms with Crippen molar-refractivity contribution < 1.29 is 9.47 Å². The van der Waals surface area contributed by atoms with Crippen molar-refractivity contribution in [1.82, 2.24) is 9.88 Å². The summed E-state index contributed by atoms with van der Waals surface area (Å²) in [6.45, 7) is 3.83. The van der Waals surface area contributed by atoms with E-state index in [0.29, 0.717) is 6.10 Å². The van der Waals surface area contributed by atoms with E-state index >= 15 is 0 Å². The van der Waals surface area contributed by atoms with E-state index in [1.54, 1.807) is 12.4 Å². The lowest BCUT2D eigenvalue weighted by molar-refractivity contribution is -0.136. The highest BCUT2D eigenvalue weighted by Gasteiger charge is 2.45. The normalized spacial score (nSPS) is 31.7. The quantitative estimate of drug-likeness (QED) is 0.834. The number of aromatic nitrogens is 1. The van der Waals surface area contributed by atoms with Gasteiger partial charge in [-0.1, -0.05) is 0 Å². The van der Waals surface area contributed by atoms with E-state index in [1.165, 1.54) is 6.42 Å². The van der Waals surface area contributed by atoms with Gasteiger partial charge in [0.1, 0.15) is 5.75 Å². The first kappa shape index (κ1) is 12.9. The Morgan fingerprint density at radius 2 is 2.53 bits per heavy atom. The summed E-state index contributed by atoms with van der Waals surface area (Å²) >= 11 is 0. The van der Waals surface area contributed by atoms with E-state index in [4.69, 9.17) is 9.47 Å². The van der Waals surface area contributed by atoms with Crippen molar-refractivity contribution in [1.29, 1.82) is 0 Å². The largest absolute Gasteiger partial charge is 0.491 e. The van der Waals surface area contributed by atoms with Crippen LogP contribution in [0.4, 0.5) is 0 Å². The first-order valence-corrected chi connectivity index (χ1v) is 7.11. The van der Waals surface area contributed by atoms with E-state index in [2.05, 4.69) is 16.9 Å². The number of pyridine rings is 1. The molecule has 104 valence electrons. The SMILES string of the molecule is CN1CC[C@H]2OCCC[C@@]2(COc2cccnc2)C1. The molecule has 0 aromatic carbocycles. The summed E-state index contributed by atoms with van der Waals surface area (Å²) in [5.74, 6) is 0.856. The Bertz CT molecular complexity index is 412. The number of hydrogen-bond acceptors (Lipinski definition) is 4. The molecule has 2 saturated heterocycles. The summed E-state index contributed by atoms with van der Waals surface area (Å²) in [6.07, 6.45) is 7.36. The Labute approximate surface area is 114 Å². The standard InChI is InChI=1S/C15H22N2O2/c1-17-8-5-14-15(11-17,6-3-9-18-14)12-19-13-4-2-7-16-10-13/h2,4,7,10,14H,3,5-6,8-9,11-12H2,1H3/t14-,15+/m1/s1. The molecule has 2 aliphatic heterocycles. The molecule has 3 rings (SSSR count). The predicted molar refractivity (Wildman–Crippen MR) is 73.3 cm³/mol. The highest BCUT2D eigenvalue weighted by Crippen LogP contribution is 2.40. The molecule has 19 heavy (non-hydrogen) atoms. The van der Waals surface area contributed by atoms with Crippen LogP contribution < -0.4 is 4.74 Å². The molecule has 0 radical (unpaired) electrons. The van der Waals surface area contributed by atoms with Crippen LogP contribution in [0.2, 0.25) is 0 Å². The van der Waals surface area contributed by atoms with Gasteiger partial charge in [0.2, 0.25) is 0 Å². The van der Waals surface area contributed by atoms with Crippen molar-refractivity contribution in [2.45, 2.75) is 25.4 Å². The highest BCUT2D eigenvalue weighted by molar-refractivity contribution is 5.16. The summed E-state index contributed by atoms with van der Waals surface area (Å²) in [5.41, 5.74) is 0.154. The smallest absolute Gasteiger partial charge is 0.137 e. The van der Waals surface area contributed by atoms with Crippen LogP contribution in [0, 0.1) is 5.41 Å². The van der Waals surface area contributed by atoms with Gasteiger partial charge in [-0.3, -0.25) is 4.98 Å². The monoisotopic (exact) mass is 262 g/mol. The number of rotatable bonds is 3. The van der Waals surface area contributed by atoms with Gasteiger partial charge in [0.05, 0.1) is 18.9 Å².